The zero-order chi connectivity index (χ0) is 24.4. The van der Waals surface area contributed by atoms with Crippen LogP contribution in [0.5, 0.6) is 34.5 Å². The smallest absolute Gasteiger partial charge is 0.261 e. The van der Waals surface area contributed by atoms with E-state index in [9.17, 15) is 8.42 Å². The Morgan fingerprint density at radius 3 is 1.47 bits per heavy atom. The van der Waals surface area contributed by atoms with E-state index in [2.05, 4.69) is 0 Å². The Hall–Kier alpha value is -3.30. The number of phenolic OH excluding ortho intramolecular Hbond substituents is 2. The second-order valence-electron chi connectivity index (χ2n) is 7.08. The van der Waals surface area contributed by atoms with Crippen molar-refractivity contribution in [1.29, 1.82) is 0 Å². The molecular weight excluding hydrogens is 484 g/mol. The number of benzene rings is 3. The Labute approximate surface area is 202 Å². The molecule has 0 fully saturated rings. The number of phenols is 2. The lowest BCUT2D eigenvalue weighted by molar-refractivity contribution is 0.296. The van der Waals surface area contributed by atoms with Crippen molar-refractivity contribution in [2.24, 2.45) is 0 Å². The van der Waals surface area contributed by atoms with Crippen molar-refractivity contribution in [2.45, 2.75) is 17.7 Å². The van der Waals surface area contributed by atoms with Gasteiger partial charge in [0.1, 0.15) is 0 Å². The number of hydrogen-bond donors (Lipinski definition) is 2. The highest BCUT2D eigenvalue weighted by Crippen LogP contribution is 2.32. The van der Waals surface area contributed by atoms with Crippen molar-refractivity contribution in [2.75, 3.05) is 26.4 Å². The number of halogens is 1. The van der Waals surface area contributed by atoms with Gasteiger partial charge in [0.15, 0.2) is 34.5 Å². The van der Waals surface area contributed by atoms with Crippen LogP contribution in [0, 0.1) is 0 Å². The van der Waals surface area contributed by atoms with Gasteiger partial charge in [0, 0.05) is 29.6 Å². The van der Waals surface area contributed by atoms with Crippen LogP contribution in [0.3, 0.4) is 0 Å². The molecule has 0 radical (unpaired) electrons. The zero-order valence-corrected chi connectivity index (χ0v) is 19.8. The lowest BCUT2D eigenvalue weighted by atomic mass is 10.3. The molecule has 2 aliphatic rings. The number of hydrogen-bond acceptors (Lipinski definition) is 8. The summed E-state index contributed by atoms with van der Waals surface area (Å²) in [5, 5.41) is 17.3. The molecule has 0 bridgehead atoms. The van der Waals surface area contributed by atoms with E-state index in [-0.39, 0.29) is 16.4 Å². The van der Waals surface area contributed by atoms with E-state index in [1.807, 2.05) is 24.3 Å². The van der Waals surface area contributed by atoms with Gasteiger partial charge in [-0.15, -0.1) is 0 Å². The third-order valence-corrected chi connectivity index (χ3v) is 5.89. The van der Waals surface area contributed by atoms with Gasteiger partial charge in [0.2, 0.25) is 0 Å². The van der Waals surface area contributed by atoms with Gasteiger partial charge in [0.25, 0.3) is 9.05 Å². The average molecular weight is 509 g/mol. The van der Waals surface area contributed by atoms with E-state index >= 15 is 0 Å². The van der Waals surface area contributed by atoms with E-state index in [0.717, 1.165) is 37.6 Å². The first-order valence-corrected chi connectivity index (χ1v) is 12.8. The molecule has 2 heterocycles. The first-order valence-electron chi connectivity index (χ1n) is 10.5. The molecule has 0 aromatic heterocycles. The molecule has 34 heavy (non-hydrogen) atoms. The van der Waals surface area contributed by atoms with Crippen LogP contribution in [0.2, 0.25) is 0 Å². The molecule has 182 valence electrons. The fraction of sp³-hybridized carbons (Fsp3) is 0.250. The van der Waals surface area contributed by atoms with Gasteiger partial charge in [-0.05, 0) is 36.4 Å². The van der Waals surface area contributed by atoms with Gasteiger partial charge in [0.05, 0.1) is 31.3 Å². The Morgan fingerprint density at radius 2 is 1.03 bits per heavy atom. The summed E-state index contributed by atoms with van der Waals surface area (Å²) in [5.41, 5.74) is 0. The van der Waals surface area contributed by atoms with Crippen LogP contribution < -0.4 is 18.9 Å². The van der Waals surface area contributed by atoms with Gasteiger partial charge in [-0.25, -0.2) is 8.42 Å². The van der Waals surface area contributed by atoms with E-state index in [4.69, 9.17) is 39.8 Å². The lowest BCUT2D eigenvalue weighted by Gasteiger charge is -2.07. The van der Waals surface area contributed by atoms with Gasteiger partial charge >= 0.3 is 0 Å². The van der Waals surface area contributed by atoms with Crippen molar-refractivity contribution in [3.05, 3.63) is 66.7 Å². The maximum absolute atomic E-state index is 11.1. The molecule has 0 amide bonds. The number of para-hydroxylation sites is 4. The minimum Gasteiger partial charge on any atom is -0.504 e. The molecule has 3 aromatic rings. The summed E-state index contributed by atoms with van der Waals surface area (Å²) in [7, 11) is 1.51. The monoisotopic (exact) mass is 508 g/mol. The SMILES string of the molecule is O=S(=O)(Cl)c1ccc2c(c1)OCCCO2.Oc1ccccc1O.c1ccc2c(c1)OCCCO2. The number of rotatable bonds is 1. The summed E-state index contributed by atoms with van der Waals surface area (Å²) in [6.45, 7) is 2.60. The maximum atomic E-state index is 11.1. The zero-order valence-electron chi connectivity index (χ0n) is 18.2. The first kappa shape index (κ1) is 25.3. The summed E-state index contributed by atoms with van der Waals surface area (Å²) >= 11 is 0. The van der Waals surface area contributed by atoms with Crippen molar-refractivity contribution < 1.29 is 37.6 Å². The molecule has 2 aliphatic heterocycles. The molecule has 8 nitrogen and oxygen atoms in total. The maximum Gasteiger partial charge on any atom is 0.261 e. The molecule has 0 saturated carbocycles. The van der Waals surface area contributed by atoms with Crippen LogP contribution in [0.15, 0.2) is 71.6 Å². The van der Waals surface area contributed by atoms with E-state index in [0.29, 0.717) is 24.7 Å². The largest absolute Gasteiger partial charge is 0.504 e. The van der Waals surface area contributed by atoms with Gasteiger partial charge in [-0.3, -0.25) is 0 Å². The van der Waals surface area contributed by atoms with Crippen LogP contribution in [-0.2, 0) is 9.05 Å². The molecule has 0 spiro atoms. The van der Waals surface area contributed by atoms with E-state index in [1.54, 1.807) is 18.2 Å². The summed E-state index contributed by atoms with van der Waals surface area (Å²) in [6, 6.07) is 18.2. The second kappa shape index (κ2) is 12.2. The molecule has 2 N–H and O–H groups in total. The molecule has 0 aliphatic carbocycles. The highest BCUT2D eigenvalue weighted by Gasteiger charge is 2.16. The fourth-order valence-electron chi connectivity index (χ4n) is 2.87. The molecule has 10 heteroatoms. The first-order chi connectivity index (χ1) is 16.3. The van der Waals surface area contributed by atoms with Crippen LogP contribution in [0.25, 0.3) is 0 Å². The minimum atomic E-state index is -3.71. The molecule has 3 aromatic carbocycles. The van der Waals surface area contributed by atoms with Gasteiger partial charge < -0.3 is 29.2 Å². The number of aromatic hydroxyl groups is 2. The Bertz CT molecular complexity index is 1140. The van der Waals surface area contributed by atoms with E-state index < -0.39 is 9.05 Å². The van der Waals surface area contributed by atoms with Crippen LogP contribution in [0.4, 0.5) is 0 Å². The van der Waals surface area contributed by atoms with Crippen LogP contribution in [0.1, 0.15) is 12.8 Å². The number of ether oxygens (including phenoxy) is 4. The van der Waals surface area contributed by atoms with Crippen molar-refractivity contribution in [3.63, 3.8) is 0 Å². The topological polar surface area (TPSA) is 112 Å². The minimum absolute atomic E-state index is 0.0217. The molecular formula is C24H25ClO8S. The van der Waals surface area contributed by atoms with Crippen LogP contribution >= 0.6 is 10.7 Å². The molecule has 5 rings (SSSR count). The third-order valence-electron chi connectivity index (χ3n) is 4.54. The highest BCUT2D eigenvalue weighted by atomic mass is 35.7. The summed E-state index contributed by atoms with van der Waals surface area (Å²) in [6.07, 6.45) is 1.74. The summed E-state index contributed by atoms with van der Waals surface area (Å²) < 4.78 is 43.7. The van der Waals surface area contributed by atoms with Crippen molar-refractivity contribution >= 4 is 19.7 Å². The average Bonchev–Trinajstić information content (AvgIpc) is 3.21. The lowest BCUT2D eigenvalue weighted by Crippen LogP contribution is -1.97. The quantitative estimate of drug-likeness (QED) is 0.359. The molecule has 0 atom stereocenters. The molecule has 0 saturated heterocycles. The normalized spacial score (nSPS) is 14.1. The molecule has 0 unspecified atom stereocenters. The Kier molecular flexibility index (Phi) is 9.12. The van der Waals surface area contributed by atoms with Crippen molar-refractivity contribution in [3.8, 4) is 34.5 Å². The number of fused-ring (bicyclic) bond motifs is 2. The standard InChI is InChI=1S/C9H9ClO4S.C9H10O2.C6H6O2/c10-15(11,12)7-2-3-8-9(6-7)14-5-1-4-13-8;1-2-5-9-8(4-1)10-6-3-7-11-9;7-5-3-1-2-4-6(5)8/h2-3,6H,1,4-5H2;1-2,4-5H,3,6-7H2;1-4,7-8H. The third kappa shape index (κ3) is 7.64. The van der Waals surface area contributed by atoms with E-state index in [1.165, 1.54) is 24.3 Å². The van der Waals surface area contributed by atoms with Crippen LogP contribution in [-0.4, -0.2) is 45.1 Å². The Morgan fingerprint density at radius 1 is 0.618 bits per heavy atom. The highest BCUT2D eigenvalue weighted by molar-refractivity contribution is 8.13. The van der Waals surface area contributed by atoms with Gasteiger partial charge in [-0.1, -0.05) is 24.3 Å². The predicted molar refractivity (Wildman–Crippen MR) is 127 cm³/mol. The second-order valence-corrected chi connectivity index (χ2v) is 9.65. The summed E-state index contributed by atoms with van der Waals surface area (Å²) in [5.74, 6) is 2.56. The van der Waals surface area contributed by atoms with Crippen molar-refractivity contribution in [1.82, 2.24) is 0 Å². The Balaban J connectivity index is 0.000000150. The predicted octanol–water partition coefficient (Wildman–Crippen LogP) is 4.72. The summed E-state index contributed by atoms with van der Waals surface area (Å²) in [4.78, 5) is 0.0217. The van der Waals surface area contributed by atoms with Gasteiger partial charge in [-0.2, -0.15) is 0 Å². The fourth-order valence-corrected chi connectivity index (χ4v) is 3.64.